The van der Waals surface area contributed by atoms with Crippen LogP contribution in [0.25, 0.3) is 0 Å². The third-order valence-corrected chi connectivity index (χ3v) is 4.07. The first-order chi connectivity index (χ1) is 8.70. The molecule has 1 heteroatoms. The van der Waals surface area contributed by atoms with E-state index in [-0.39, 0.29) is 0 Å². The van der Waals surface area contributed by atoms with Gasteiger partial charge in [0.25, 0.3) is 0 Å². The van der Waals surface area contributed by atoms with Gasteiger partial charge in [-0.2, -0.15) is 0 Å². The van der Waals surface area contributed by atoms with Crippen LogP contribution >= 0.6 is 0 Å². The van der Waals surface area contributed by atoms with Crippen LogP contribution in [-0.4, -0.2) is 11.7 Å². The van der Waals surface area contributed by atoms with E-state index in [1.807, 2.05) is 0 Å². The van der Waals surface area contributed by atoms with Crippen molar-refractivity contribution >= 4 is 0 Å². The van der Waals surface area contributed by atoms with E-state index in [1.54, 1.807) is 0 Å². The molecule has 0 spiro atoms. The molecular formula is C17H36O. The zero-order chi connectivity index (χ0) is 13.6. The number of aliphatic hydroxyl groups excluding tert-OH is 1. The highest BCUT2D eigenvalue weighted by Gasteiger charge is 2.05. The molecule has 18 heavy (non-hydrogen) atoms. The standard InChI is InChI=1S/C17H36O/c1-4-5-6-7-8-9-11-16(2)12-10-13-17(3)14-15-18/h16-18H,4-15H2,1-3H3. The van der Waals surface area contributed by atoms with E-state index in [2.05, 4.69) is 20.8 Å². The molecule has 0 aliphatic heterocycles. The van der Waals surface area contributed by atoms with Gasteiger partial charge in [0.1, 0.15) is 0 Å². The van der Waals surface area contributed by atoms with Gasteiger partial charge in [0.2, 0.25) is 0 Å². The summed E-state index contributed by atoms with van der Waals surface area (Å²) in [7, 11) is 0. The quantitative estimate of drug-likeness (QED) is 0.428. The Labute approximate surface area is 115 Å². The Morgan fingerprint density at radius 1 is 0.667 bits per heavy atom. The molecule has 0 amide bonds. The molecule has 0 aromatic rings. The molecule has 0 aromatic carbocycles. The second kappa shape index (κ2) is 13.4. The number of hydrogen-bond donors (Lipinski definition) is 1. The van der Waals surface area contributed by atoms with Gasteiger partial charge < -0.3 is 5.11 Å². The molecule has 1 nitrogen and oxygen atoms in total. The molecule has 0 saturated carbocycles. The average molecular weight is 256 g/mol. The van der Waals surface area contributed by atoms with E-state index in [4.69, 9.17) is 5.11 Å². The molecule has 0 saturated heterocycles. The molecule has 0 heterocycles. The lowest BCUT2D eigenvalue weighted by molar-refractivity contribution is 0.255. The minimum Gasteiger partial charge on any atom is -0.396 e. The van der Waals surface area contributed by atoms with Crippen LogP contribution in [0.5, 0.6) is 0 Å². The van der Waals surface area contributed by atoms with E-state index < -0.39 is 0 Å². The minimum absolute atomic E-state index is 0.356. The fraction of sp³-hybridized carbons (Fsp3) is 1.00. The molecule has 0 radical (unpaired) electrons. The van der Waals surface area contributed by atoms with Crippen molar-refractivity contribution in [3.05, 3.63) is 0 Å². The maximum atomic E-state index is 8.85. The van der Waals surface area contributed by atoms with Crippen LogP contribution in [0.4, 0.5) is 0 Å². The zero-order valence-corrected chi connectivity index (χ0v) is 13.1. The molecule has 0 bridgehead atoms. The summed E-state index contributed by atoms with van der Waals surface area (Å²) in [4.78, 5) is 0. The Morgan fingerprint density at radius 2 is 1.17 bits per heavy atom. The predicted octanol–water partition coefficient (Wildman–Crippen LogP) is 5.56. The maximum Gasteiger partial charge on any atom is 0.0433 e. The summed E-state index contributed by atoms with van der Waals surface area (Å²) in [6.45, 7) is 7.30. The Hall–Kier alpha value is -0.0400. The first-order valence-electron chi connectivity index (χ1n) is 8.31. The highest BCUT2D eigenvalue weighted by molar-refractivity contribution is 4.58. The van der Waals surface area contributed by atoms with Gasteiger partial charge in [0.05, 0.1) is 0 Å². The van der Waals surface area contributed by atoms with Crippen LogP contribution in [0.1, 0.15) is 91.4 Å². The lowest BCUT2D eigenvalue weighted by Crippen LogP contribution is -2.00. The van der Waals surface area contributed by atoms with E-state index in [1.165, 1.54) is 64.2 Å². The van der Waals surface area contributed by atoms with Crippen molar-refractivity contribution < 1.29 is 5.11 Å². The summed E-state index contributed by atoms with van der Waals surface area (Å²) in [5.41, 5.74) is 0. The minimum atomic E-state index is 0.356. The lowest BCUT2D eigenvalue weighted by atomic mass is 9.93. The zero-order valence-electron chi connectivity index (χ0n) is 13.1. The van der Waals surface area contributed by atoms with Crippen molar-refractivity contribution in [3.8, 4) is 0 Å². The molecule has 110 valence electrons. The van der Waals surface area contributed by atoms with Crippen molar-refractivity contribution in [2.24, 2.45) is 11.8 Å². The number of unbranched alkanes of at least 4 members (excludes halogenated alkanes) is 5. The van der Waals surface area contributed by atoms with Crippen LogP contribution in [-0.2, 0) is 0 Å². The second-order valence-corrected chi connectivity index (χ2v) is 6.21. The van der Waals surface area contributed by atoms with Crippen LogP contribution < -0.4 is 0 Å². The van der Waals surface area contributed by atoms with Gasteiger partial charge in [0, 0.05) is 6.61 Å². The molecule has 1 N–H and O–H groups in total. The van der Waals surface area contributed by atoms with Crippen molar-refractivity contribution in [1.82, 2.24) is 0 Å². The molecule has 2 unspecified atom stereocenters. The first kappa shape index (κ1) is 18.0. The maximum absolute atomic E-state index is 8.85. The largest absolute Gasteiger partial charge is 0.396 e. The summed E-state index contributed by atoms with van der Waals surface area (Å²) in [6, 6.07) is 0. The molecule has 0 aromatic heterocycles. The molecule has 2 atom stereocenters. The molecule has 0 aliphatic carbocycles. The molecule has 0 aliphatic rings. The van der Waals surface area contributed by atoms with Crippen LogP contribution in [0, 0.1) is 11.8 Å². The van der Waals surface area contributed by atoms with Crippen molar-refractivity contribution in [2.45, 2.75) is 91.4 Å². The van der Waals surface area contributed by atoms with E-state index in [9.17, 15) is 0 Å². The fourth-order valence-corrected chi connectivity index (χ4v) is 2.60. The Bertz CT molecular complexity index is 156. The summed E-state index contributed by atoms with van der Waals surface area (Å²) >= 11 is 0. The summed E-state index contributed by atoms with van der Waals surface area (Å²) in [5.74, 6) is 1.61. The molecular weight excluding hydrogens is 220 g/mol. The van der Waals surface area contributed by atoms with Crippen molar-refractivity contribution in [3.63, 3.8) is 0 Å². The fourth-order valence-electron chi connectivity index (χ4n) is 2.60. The highest BCUT2D eigenvalue weighted by atomic mass is 16.3. The summed E-state index contributed by atoms with van der Waals surface area (Å²) in [5, 5.41) is 8.85. The van der Waals surface area contributed by atoms with Crippen molar-refractivity contribution in [1.29, 1.82) is 0 Å². The number of hydrogen-bond acceptors (Lipinski definition) is 1. The Balaban J connectivity index is 3.24. The van der Waals surface area contributed by atoms with Gasteiger partial charge in [-0.15, -0.1) is 0 Å². The number of aliphatic hydroxyl groups is 1. The predicted molar refractivity (Wildman–Crippen MR) is 81.9 cm³/mol. The van der Waals surface area contributed by atoms with Gasteiger partial charge in [-0.1, -0.05) is 85.0 Å². The Kier molecular flexibility index (Phi) is 13.4. The van der Waals surface area contributed by atoms with E-state index in [0.717, 1.165) is 12.3 Å². The third kappa shape index (κ3) is 12.4. The highest BCUT2D eigenvalue weighted by Crippen LogP contribution is 2.19. The molecule has 0 rings (SSSR count). The first-order valence-corrected chi connectivity index (χ1v) is 8.31. The van der Waals surface area contributed by atoms with Crippen LogP contribution in [0.3, 0.4) is 0 Å². The van der Waals surface area contributed by atoms with Gasteiger partial charge >= 0.3 is 0 Å². The van der Waals surface area contributed by atoms with Crippen LogP contribution in [0.15, 0.2) is 0 Å². The normalized spacial score (nSPS) is 14.7. The SMILES string of the molecule is CCCCCCCCC(C)CCCC(C)CCO. The van der Waals surface area contributed by atoms with Gasteiger partial charge in [-0.25, -0.2) is 0 Å². The smallest absolute Gasteiger partial charge is 0.0433 e. The average Bonchev–Trinajstić information content (AvgIpc) is 2.34. The molecule has 0 fully saturated rings. The monoisotopic (exact) mass is 256 g/mol. The second-order valence-electron chi connectivity index (χ2n) is 6.21. The summed E-state index contributed by atoms with van der Waals surface area (Å²) in [6.07, 6.45) is 14.9. The third-order valence-electron chi connectivity index (χ3n) is 4.07. The summed E-state index contributed by atoms with van der Waals surface area (Å²) < 4.78 is 0. The topological polar surface area (TPSA) is 20.2 Å². The van der Waals surface area contributed by atoms with Gasteiger partial charge in [0.15, 0.2) is 0 Å². The lowest BCUT2D eigenvalue weighted by Gasteiger charge is -2.13. The van der Waals surface area contributed by atoms with Gasteiger partial charge in [-0.3, -0.25) is 0 Å². The van der Waals surface area contributed by atoms with Gasteiger partial charge in [-0.05, 0) is 18.3 Å². The van der Waals surface area contributed by atoms with Crippen molar-refractivity contribution in [2.75, 3.05) is 6.61 Å². The van der Waals surface area contributed by atoms with E-state index >= 15 is 0 Å². The number of rotatable bonds is 13. The van der Waals surface area contributed by atoms with Crippen LogP contribution in [0.2, 0.25) is 0 Å². The van der Waals surface area contributed by atoms with E-state index in [0.29, 0.717) is 12.5 Å². The Morgan fingerprint density at radius 3 is 1.78 bits per heavy atom.